The SMILES string of the molecule is COC(=O)COc1ccc(C(=O)Nc2cccc(COc3cccc(F)c3)c2)cc1OC. The average molecular weight is 439 g/mol. The Balaban J connectivity index is 1.65. The minimum atomic E-state index is -0.532. The molecule has 1 N–H and O–H groups in total. The smallest absolute Gasteiger partial charge is 0.343 e. The highest BCUT2D eigenvalue weighted by atomic mass is 19.1. The standard InChI is InChI=1S/C24H22FNO6/c1-29-22-12-17(9-10-21(22)32-15-23(27)30-2)24(28)26-19-7-3-5-16(11-19)14-31-20-8-4-6-18(25)13-20/h3-13H,14-15H2,1-2H3,(H,26,28). The van der Waals surface area contributed by atoms with Crippen molar-refractivity contribution in [3.05, 3.63) is 83.7 Å². The summed E-state index contributed by atoms with van der Waals surface area (Å²) in [6, 6.07) is 17.6. The molecule has 0 spiro atoms. The predicted octanol–water partition coefficient (Wildman–Crippen LogP) is 4.22. The zero-order chi connectivity index (χ0) is 22.9. The van der Waals surface area contributed by atoms with Gasteiger partial charge in [-0.3, -0.25) is 4.79 Å². The molecular formula is C24H22FNO6. The van der Waals surface area contributed by atoms with Crippen LogP contribution in [0.3, 0.4) is 0 Å². The molecule has 0 saturated carbocycles. The lowest BCUT2D eigenvalue weighted by molar-refractivity contribution is -0.142. The second kappa shape index (κ2) is 10.8. The Morgan fingerprint density at radius 3 is 2.47 bits per heavy atom. The van der Waals surface area contributed by atoms with Crippen LogP contribution in [0.1, 0.15) is 15.9 Å². The minimum absolute atomic E-state index is 0.215. The van der Waals surface area contributed by atoms with Gasteiger partial charge in [0.05, 0.1) is 14.2 Å². The molecule has 3 aromatic rings. The van der Waals surface area contributed by atoms with E-state index < -0.39 is 5.97 Å². The Morgan fingerprint density at radius 1 is 0.906 bits per heavy atom. The maximum Gasteiger partial charge on any atom is 0.343 e. The summed E-state index contributed by atoms with van der Waals surface area (Å²) in [6.45, 7) is -0.0594. The van der Waals surface area contributed by atoms with Gasteiger partial charge in [-0.15, -0.1) is 0 Å². The van der Waals surface area contributed by atoms with Crippen molar-refractivity contribution in [2.75, 3.05) is 26.1 Å². The molecule has 0 unspecified atom stereocenters. The highest BCUT2D eigenvalue weighted by Gasteiger charge is 2.13. The van der Waals surface area contributed by atoms with E-state index in [0.29, 0.717) is 28.5 Å². The Morgan fingerprint density at radius 2 is 1.72 bits per heavy atom. The van der Waals surface area contributed by atoms with E-state index in [1.807, 2.05) is 6.07 Å². The second-order valence-electron chi connectivity index (χ2n) is 6.63. The number of anilines is 1. The van der Waals surface area contributed by atoms with E-state index in [2.05, 4.69) is 10.1 Å². The summed E-state index contributed by atoms with van der Waals surface area (Å²) in [5.74, 6) is -0.229. The number of amides is 1. The largest absolute Gasteiger partial charge is 0.493 e. The van der Waals surface area contributed by atoms with Crippen LogP contribution < -0.4 is 19.5 Å². The van der Waals surface area contributed by atoms with Crippen LogP contribution >= 0.6 is 0 Å². The van der Waals surface area contributed by atoms with Crippen molar-refractivity contribution < 1.29 is 32.9 Å². The van der Waals surface area contributed by atoms with Crippen molar-refractivity contribution in [1.82, 2.24) is 0 Å². The van der Waals surface area contributed by atoms with Gasteiger partial charge in [0.15, 0.2) is 18.1 Å². The molecule has 0 aliphatic carbocycles. The van der Waals surface area contributed by atoms with E-state index in [9.17, 15) is 14.0 Å². The van der Waals surface area contributed by atoms with E-state index in [0.717, 1.165) is 5.56 Å². The molecule has 0 radical (unpaired) electrons. The monoisotopic (exact) mass is 439 g/mol. The molecule has 8 heteroatoms. The molecule has 0 atom stereocenters. The Labute approximate surface area is 184 Å². The molecule has 0 aliphatic rings. The van der Waals surface area contributed by atoms with Gasteiger partial charge in [0.1, 0.15) is 18.2 Å². The molecule has 0 heterocycles. The molecular weight excluding hydrogens is 417 g/mol. The van der Waals surface area contributed by atoms with Crippen LogP contribution in [0.5, 0.6) is 17.2 Å². The first-order chi connectivity index (χ1) is 15.5. The van der Waals surface area contributed by atoms with Crippen LogP contribution in [0.2, 0.25) is 0 Å². The van der Waals surface area contributed by atoms with Crippen LogP contribution in [0.25, 0.3) is 0 Å². The number of benzene rings is 3. The molecule has 166 valence electrons. The van der Waals surface area contributed by atoms with Crippen LogP contribution in [0.15, 0.2) is 66.7 Å². The van der Waals surface area contributed by atoms with Crippen molar-refractivity contribution in [3.63, 3.8) is 0 Å². The fourth-order valence-electron chi connectivity index (χ4n) is 2.79. The van der Waals surface area contributed by atoms with E-state index in [1.165, 1.54) is 32.4 Å². The first-order valence-electron chi connectivity index (χ1n) is 9.65. The topological polar surface area (TPSA) is 83.1 Å². The van der Waals surface area contributed by atoms with Crippen molar-refractivity contribution >= 4 is 17.6 Å². The van der Waals surface area contributed by atoms with Gasteiger partial charge in [0.2, 0.25) is 0 Å². The molecule has 7 nitrogen and oxygen atoms in total. The zero-order valence-corrected chi connectivity index (χ0v) is 17.6. The van der Waals surface area contributed by atoms with E-state index in [4.69, 9.17) is 14.2 Å². The Bertz CT molecular complexity index is 1100. The quantitative estimate of drug-likeness (QED) is 0.503. The Hall–Kier alpha value is -4.07. The normalized spacial score (nSPS) is 10.2. The van der Waals surface area contributed by atoms with Crippen molar-refractivity contribution in [2.24, 2.45) is 0 Å². The van der Waals surface area contributed by atoms with Gasteiger partial charge in [-0.05, 0) is 48.0 Å². The first kappa shape index (κ1) is 22.6. The number of esters is 1. The average Bonchev–Trinajstić information content (AvgIpc) is 2.81. The number of methoxy groups -OCH3 is 2. The second-order valence-corrected chi connectivity index (χ2v) is 6.63. The first-order valence-corrected chi connectivity index (χ1v) is 9.65. The van der Waals surface area contributed by atoms with Gasteiger partial charge in [0.25, 0.3) is 5.91 Å². The molecule has 1 amide bonds. The van der Waals surface area contributed by atoms with E-state index in [-0.39, 0.29) is 24.9 Å². The number of carbonyl (C=O) groups is 2. The molecule has 0 saturated heterocycles. The molecule has 32 heavy (non-hydrogen) atoms. The lowest BCUT2D eigenvalue weighted by Gasteiger charge is -2.12. The highest BCUT2D eigenvalue weighted by Crippen LogP contribution is 2.28. The van der Waals surface area contributed by atoms with Gasteiger partial charge < -0.3 is 24.3 Å². The summed E-state index contributed by atoms with van der Waals surface area (Å²) < 4.78 is 34.0. The van der Waals surface area contributed by atoms with Crippen LogP contribution in [-0.4, -0.2) is 32.7 Å². The van der Waals surface area contributed by atoms with Crippen molar-refractivity contribution in [3.8, 4) is 17.2 Å². The van der Waals surface area contributed by atoms with E-state index >= 15 is 0 Å². The number of ether oxygens (including phenoxy) is 4. The molecule has 3 rings (SSSR count). The summed E-state index contributed by atoms with van der Waals surface area (Å²) in [5.41, 5.74) is 1.71. The summed E-state index contributed by atoms with van der Waals surface area (Å²) in [4.78, 5) is 23.9. The number of rotatable bonds is 9. The molecule has 0 aromatic heterocycles. The summed E-state index contributed by atoms with van der Waals surface area (Å²) >= 11 is 0. The zero-order valence-electron chi connectivity index (χ0n) is 17.6. The lowest BCUT2D eigenvalue weighted by atomic mass is 10.1. The number of halogens is 1. The van der Waals surface area contributed by atoms with Gasteiger partial charge >= 0.3 is 5.97 Å². The summed E-state index contributed by atoms with van der Waals surface area (Å²) in [7, 11) is 2.70. The molecule has 3 aromatic carbocycles. The fraction of sp³-hybridized carbons (Fsp3) is 0.167. The van der Waals surface area contributed by atoms with Crippen LogP contribution in [-0.2, 0) is 16.1 Å². The van der Waals surface area contributed by atoms with Gasteiger partial charge in [-0.25, -0.2) is 9.18 Å². The maximum atomic E-state index is 13.3. The number of nitrogens with one attached hydrogen (secondary N) is 1. The highest BCUT2D eigenvalue weighted by molar-refractivity contribution is 6.04. The summed E-state index contributed by atoms with van der Waals surface area (Å²) in [6.07, 6.45) is 0. The fourth-order valence-corrected chi connectivity index (χ4v) is 2.79. The van der Waals surface area contributed by atoms with Gasteiger partial charge in [-0.2, -0.15) is 0 Å². The number of hydrogen-bond donors (Lipinski definition) is 1. The maximum absolute atomic E-state index is 13.3. The summed E-state index contributed by atoms with van der Waals surface area (Å²) in [5, 5.41) is 2.81. The third-order valence-electron chi connectivity index (χ3n) is 4.39. The number of carbonyl (C=O) groups excluding carboxylic acids is 2. The molecule has 0 fully saturated rings. The lowest BCUT2D eigenvalue weighted by Crippen LogP contribution is -2.14. The van der Waals surface area contributed by atoms with Crippen LogP contribution in [0.4, 0.5) is 10.1 Å². The van der Waals surface area contributed by atoms with Gasteiger partial charge in [0, 0.05) is 17.3 Å². The Kier molecular flexibility index (Phi) is 7.64. The minimum Gasteiger partial charge on any atom is -0.493 e. The third kappa shape index (κ3) is 6.21. The third-order valence-corrected chi connectivity index (χ3v) is 4.39. The molecule has 0 aliphatic heterocycles. The number of hydrogen-bond acceptors (Lipinski definition) is 6. The van der Waals surface area contributed by atoms with E-state index in [1.54, 1.807) is 42.5 Å². The molecule has 0 bridgehead atoms. The van der Waals surface area contributed by atoms with Crippen molar-refractivity contribution in [1.29, 1.82) is 0 Å². The predicted molar refractivity (Wildman–Crippen MR) is 116 cm³/mol. The van der Waals surface area contributed by atoms with Gasteiger partial charge in [-0.1, -0.05) is 18.2 Å². The van der Waals surface area contributed by atoms with Crippen molar-refractivity contribution in [2.45, 2.75) is 6.61 Å². The van der Waals surface area contributed by atoms with Crippen LogP contribution in [0, 0.1) is 5.82 Å².